The van der Waals surface area contributed by atoms with E-state index in [1.165, 1.54) is 66.8 Å². The van der Waals surface area contributed by atoms with Crippen LogP contribution in [-0.4, -0.2) is 18.8 Å². The summed E-state index contributed by atoms with van der Waals surface area (Å²) in [5.41, 5.74) is 7.00. The van der Waals surface area contributed by atoms with E-state index in [9.17, 15) is 0 Å². The van der Waals surface area contributed by atoms with Gasteiger partial charge in [0.15, 0.2) is 0 Å². The minimum atomic E-state index is 0.906. The van der Waals surface area contributed by atoms with Gasteiger partial charge in [0.25, 0.3) is 0 Å². The Balaban J connectivity index is 1.59. The van der Waals surface area contributed by atoms with Crippen LogP contribution in [0.15, 0.2) is 84.9 Å². The molecular weight excluding hydrogens is 478 g/mol. The summed E-state index contributed by atoms with van der Waals surface area (Å²) in [5.74, 6) is 1.81. The Hall–Kier alpha value is -3.72. The summed E-state index contributed by atoms with van der Waals surface area (Å²) >= 11 is 0. The van der Waals surface area contributed by atoms with Crippen molar-refractivity contribution in [3.05, 3.63) is 84.9 Å². The van der Waals surface area contributed by atoms with Crippen LogP contribution >= 0.6 is 0 Å². The number of hydrogen-bond donors (Lipinski definition) is 0. The molecule has 0 atom stereocenters. The van der Waals surface area contributed by atoms with Gasteiger partial charge in [0, 0.05) is 40.6 Å². The quantitative estimate of drug-likeness (QED) is 0.144. The van der Waals surface area contributed by atoms with Crippen molar-refractivity contribution >= 4 is 21.8 Å². The fourth-order valence-electron chi connectivity index (χ4n) is 5.82. The van der Waals surface area contributed by atoms with Gasteiger partial charge < -0.3 is 14.0 Å². The number of ether oxygens (including phenoxy) is 2. The summed E-state index contributed by atoms with van der Waals surface area (Å²) in [7, 11) is 3.55. The number of rotatable bonds is 13. The minimum absolute atomic E-state index is 0.906. The Bertz CT molecular complexity index is 1400. The summed E-state index contributed by atoms with van der Waals surface area (Å²) in [6.45, 7) is 3.26. The Kier molecular flexibility index (Phi) is 8.88. The SMILES string of the molecule is CCCCCCCCCCn1c2cc(OC)c(-c3ccccc3)cc2c2cc(-c3ccccc3)c(OC)cc21. The minimum Gasteiger partial charge on any atom is -0.496 e. The highest BCUT2D eigenvalue weighted by atomic mass is 16.5. The number of aromatic nitrogens is 1. The molecule has 0 fully saturated rings. The predicted octanol–water partition coefficient (Wildman–Crippen LogP) is 10.3. The van der Waals surface area contributed by atoms with E-state index >= 15 is 0 Å². The Morgan fingerprint density at radius 1 is 0.538 bits per heavy atom. The monoisotopic (exact) mass is 519 g/mol. The largest absolute Gasteiger partial charge is 0.496 e. The van der Waals surface area contributed by atoms with Crippen LogP contribution < -0.4 is 9.47 Å². The zero-order valence-electron chi connectivity index (χ0n) is 23.7. The molecule has 0 N–H and O–H groups in total. The van der Waals surface area contributed by atoms with Crippen molar-refractivity contribution in [3.8, 4) is 33.8 Å². The number of hydrogen-bond acceptors (Lipinski definition) is 2. The molecule has 0 unspecified atom stereocenters. The van der Waals surface area contributed by atoms with Gasteiger partial charge in [0.05, 0.1) is 25.3 Å². The smallest absolute Gasteiger partial charge is 0.128 e. The van der Waals surface area contributed by atoms with Crippen LogP contribution in [0.1, 0.15) is 58.3 Å². The molecule has 0 spiro atoms. The molecule has 3 nitrogen and oxygen atoms in total. The zero-order valence-corrected chi connectivity index (χ0v) is 23.7. The number of fused-ring (bicyclic) bond motifs is 3. The zero-order chi connectivity index (χ0) is 27.0. The molecule has 0 bridgehead atoms. The second-order valence-corrected chi connectivity index (χ2v) is 10.5. The third-order valence-corrected chi connectivity index (χ3v) is 7.91. The lowest BCUT2D eigenvalue weighted by Crippen LogP contribution is -1.99. The average molecular weight is 520 g/mol. The first-order chi connectivity index (χ1) is 19.2. The van der Waals surface area contributed by atoms with Gasteiger partial charge in [-0.1, -0.05) is 113 Å². The van der Waals surface area contributed by atoms with Crippen molar-refractivity contribution < 1.29 is 9.47 Å². The molecule has 4 aromatic carbocycles. The third-order valence-electron chi connectivity index (χ3n) is 7.91. The maximum Gasteiger partial charge on any atom is 0.128 e. The van der Waals surface area contributed by atoms with Gasteiger partial charge in [-0.25, -0.2) is 0 Å². The molecule has 0 aliphatic rings. The summed E-state index contributed by atoms with van der Waals surface area (Å²) in [6, 6.07) is 30.2. The highest BCUT2D eigenvalue weighted by Gasteiger charge is 2.19. The molecule has 5 aromatic rings. The number of aryl methyl sites for hydroxylation is 1. The summed E-state index contributed by atoms with van der Waals surface area (Å²) in [6.07, 6.45) is 10.5. The van der Waals surface area contributed by atoms with E-state index in [4.69, 9.17) is 9.47 Å². The van der Waals surface area contributed by atoms with E-state index in [1.54, 1.807) is 14.2 Å². The second kappa shape index (κ2) is 12.9. The lowest BCUT2D eigenvalue weighted by atomic mass is 9.99. The van der Waals surface area contributed by atoms with Gasteiger partial charge >= 0.3 is 0 Å². The van der Waals surface area contributed by atoms with Crippen LogP contribution in [0.5, 0.6) is 11.5 Å². The molecule has 0 radical (unpaired) electrons. The maximum atomic E-state index is 5.95. The van der Waals surface area contributed by atoms with E-state index in [-0.39, 0.29) is 0 Å². The molecule has 39 heavy (non-hydrogen) atoms. The van der Waals surface area contributed by atoms with E-state index in [1.807, 2.05) is 0 Å². The second-order valence-electron chi connectivity index (χ2n) is 10.5. The van der Waals surface area contributed by atoms with Crippen molar-refractivity contribution in [1.82, 2.24) is 4.57 Å². The number of nitrogens with zero attached hydrogens (tertiary/aromatic N) is 1. The van der Waals surface area contributed by atoms with Gasteiger partial charge in [-0.3, -0.25) is 0 Å². The van der Waals surface area contributed by atoms with Crippen molar-refractivity contribution in [1.29, 1.82) is 0 Å². The highest BCUT2D eigenvalue weighted by Crippen LogP contribution is 2.42. The molecule has 0 saturated carbocycles. The molecular formula is C36H41NO2. The van der Waals surface area contributed by atoms with Gasteiger partial charge in [-0.2, -0.15) is 0 Å². The molecule has 0 saturated heterocycles. The molecule has 3 heteroatoms. The van der Waals surface area contributed by atoms with Crippen LogP contribution in [0.4, 0.5) is 0 Å². The fourth-order valence-corrected chi connectivity index (χ4v) is 5.82. The third kappa shape index (κ3) is 5.83. The number of methoxy groups -OCH3 is 2. The van der Waals surface area contributed by atoms with E-state index < -0.39 is 0 Å². The molecule has 202 valence electrons. The molecule has 1 heterocycles. The van der Waals surface area contributed by atoms with Gasteiger partial charge in [-0.15, -0.1) is 0 Å². The predicted molar refractivity (Wildman–Crippen MR) is 166 cm³/mol. The lowest BCUT2D eigenvalue weighted by molar-refractivity contribution is 0.416. The first-order valence-corrected chi connectivity index (χ1v) is 14.6. The normalized spacial score (nSPS) is 11.4. The molecule has 5 rings (SSSR count). The van der Waals surface area contributed by atoms with E-state index in [0.717, 1.165) is 46.7 Å². The van der Waals surface area contributed by atoms with E-state index in [0.29, 0.717) is 0 Å². The first kappa shape index (κ1) is 26.9. The molecule has 0 aliphatic carbocycles. The Morgan fingerprint density at radius 2 is 0.974 bits per heavy atom. The average Bonchev–Trinajstić information content (AvgIpc) is 3.29. The van der Waals surface area contributed by atoms with Gasteiger partial charge in [0.2, 0.25) is 0 Å². The van der Waals surface area contributed by atoms with Crippen molar-refractivity contribution in [2.24, 2.45) is 0 Å². The first-order valence-electron chi connectivity index (χ1n) is 14.6. The lowest BCUT2D eigenvalue weighted by Gasteiger charge is -2.12. The van der Waals surface area contributed by atoms with E-state index in [2.05, 4.69) is 96.4 Å². The van der Waals surface area contributed by atoms with Crippen molar-refractivity contribution in [2.45, 2.75) is 64.8 Å². The van der Waals surface area contributed by atoms with Crippen molar-refractivity contribution in [2.75, 3.05) is 14.2 Å². The molecule has 0 amide bonds. The highest BCUT2D eigenvalue weighted by molar-refractivity contribution is 6.12. The maximum absolute atomic E-state index is 5.95. The van der Waals surface area contributed by atoms with Gasteiger partial charge in [0.1, 0.15) is 11.5 Å². The van der Waals surface area contributed by atoms with Gasteiger partial charge in [-0.05, 0) is 29.7 Å². The topological polar surface area (TPSA) is 23.4 Å². The van der Waals surface area contributed by atoms with Crippen LogP contribution in [0.3, 0.4) is 0 Å². The van der Waals surface area contributed by atoms with Crippen LogP contribution in [0, 0.1) is 0 Å². The number of benzene rings is 4. The standard InChI is InChI=1S/C36H41NO2/c1-4-5-6-7-8-9-10-17-22-37-33-25-35(38-2)29(27-18-13-11-14-19-27)23-31(33)32-24-30(28-20-15-12-16-21-28)36(39-3)26-34(32)37/h11-16,18-21,23-26H,4-10,17,22H2,1-3H3. The summed E-state index contributed by atoms with van der Waals surface area (Å²) in [5, 5.41) is 2.51. The number of unbranched alkanes of at least 4 members (excludes halogenated alkanes) is 7. The van der Waals surface area contributed by atoms with Crippen LogP contribution in [-0.2, 0) is 6.54 Å². The Morgan fingerprint density at radius 3 is 1.41 bits per heavy atom. The summed E-state index contributed by atoms with van der Waals surface area (Å²) in [4.78, 5) is 0. The van der Waals surface area contributed by atoms with Crippen molar-refractivity contribution in [3.63, 3.8) is 0 Å². The Labute approximate surface area is 233 Å². The van der Waals surface area contributed by atoms with Crippen LogP contribution in [0.2, 0.25) is 0 Å². The molecule has 1 aromatic heterocycles. The molecule has 0 aliphatic heterocycles. The summed E-state index contributed by atoms with van der Waals surface area (Å²) < 4.78 is 14.4. The van der Waals surface area contributed by atoms with Crippen LogP contribution in [0.25, 0.3) is 44.1 Å². The fraction of sp³-hybridized carbons (Fsp3) is 0.333.